The Hall–Kier alpha value is -5.03. The van der Waals surface area contributed by atoms with Crippen molar-refractivity contribution in [2.24, 2.45) is 0 Å². The molecule has 8 rings (SSSR count). The Labute approximate surface area is 219 Å². The topological polar surface area (TPSA) is 33.0 Å². The van der Waals surface area contributed by atoms with E-state index in [0.29, 0.717) is 0 Å². The molecule has 5 heteroatoms. The molecule has 0 amide bonds. The fraction of sp³-hybridized carbons (Fsp3) is 0.0606. The molecule has 5 aromatic carbocycles. The summed E-state index contributed by atoms with van der Waals surface area (Å²) < 4.78 is 8.72. The highest BCUT2D eigenvalue weighted by Crippen LogP contribution is 2.41. The van der Waals surface area contributed by atoms with Crippen LogP contribution < -0.4 is 14.5 Å². The Kier molecular flexibility index (Phi) is 4.43. The van der Waals surface area contributed by atoms with Crippen LogP contribution in [0.15, 0.2) is 115 Å². The zero-order valence-corrected chi connectivity index (χ0v) is 20.9. The average molecular weight is 493 g/mol. The number of hydrogen-bond donors (Lipinski definition) is 0. The van der Waals surface area contributed by atoms with Gasteiger partial charge in [0.25, 0.3) is 0 Å². The maximum Gasteiger partial charge on any atom is 0.146 e. The highest BCUT2D eigenvalue weighted by Gasteiger charge is 2.24. The Morgan fingerprint density at radius 1 is 0.632 bits per heavy atom. The molecule has 0 bridgehead atoms. The summed E-state index contributed by atoms with van der Waals surface area (Å²) in [5, 5.41) is 3.44. The molecule has 0 saturated heterocycles. The highest BCUT2D eigenvalue weighted by atomic mass is 16.5. The fourth-order valence-electron chi connectivity index (χ4n) is 5.81. The lowest BCUT2D eigenvalue weighted by Crippen LogP contribution is -2.23. The second-order valence-electron chi connectivity index (χ2n) is 9.84. The normalized spacial score (nSPS) is 13.2. The lowest BCUT2D eigenvalue weighted by molar-refractivity contribution is 0.483. The summed E-state index contributed by atoms with van der Waals surface area (Å²) in [4.78, 5) is 9.61. The first-order valence-corrected chi connectivity index (χ1v) is 12.8. The molecule has 0 saturated carbocycles. The van der Waals surface area contributed by atoms with Crippen molar-refractivity contribution in [2.45, 2.75) is 0 Å². The van der Waals surface area contributed by atoms with Gasteiger partial charge in [-0.1, -0.05) is 48.5 Å². The number of pyridine rings is 1. The molecular formula is C33H24N4O. The zero-order valence-electron chi connectivity index (χ0n) is 20.9. The number of rotatable bonds is 3. The van der Waals surface area contributed by atoms with Crippen LogP contribution in [0.4, 0.5) is 17.1 Å². The maximum absolute atomic E-state index is 6.46. The van der Waals surface area contributed by atoms with Gasteiger partial charge in [-0.3, -0.25) is 4.40 Å². The molecule has 7 aromatic rings. The number of aromatic nitrogens is 2. The van der Waals surface area contributed by atoms with Crippen molar-refractivity contribution in [1.29, 1.82) is 0 Å². The predicted octanol–water partition coefficient (Wildman–Crippen LogP) is 8.13. The molecule has 38 heavy (non-hydrogen) atoms. The predicted molar refractivity (Wildman–Crippen MR) is 156 cm³/mol. The number of fused-ring (bicyclic) bond motifs is 9. The number of ether oxygens (including phenoxy) is 1. The molecule has 0 spiro atoms. The van der Waals surface area contributed by atoms with E-state index in [1.54, 1.807) is 0 Å². The number of para-hydroxylation sites is 5. The van der Waals surface area contributed by atoms with Crippen LogP contribution in [-0.4, -0.2) is 23.1 Å². The SMILES string of the molecule is CN1CN(c2cccc(Oc3ccc4c5ccccc5n5c6ccccc6nc5c4c3)c2)c2ccccc21. The van der Waals surface area contributed by atoms with E-state index in [-0.39, 0.29) is 0 Å². The van der Waals surface area contributed by atoms with Gasteiger partial charge in [0.2, 0.25) is 0 Å². The van der Waals surface area contributed by atoms with Crippen molar-refractivity contribution >= 4 is 55.4 Å². The molecule has 1 aliphatic heterocycles. The zero-order chi connectivity index (χ0) is 25.2. The van der Waals surface area contributed by atoms with Gasteiger partial charge in [0.15, 0.2) is 0 Å². The minimum atomic E-state index is 0.790. The van der Waals surface area contributed by atoms with Crippen LogP contribution in [0.25, 0.3) is 38.4 Å². The standard InChI is InChI=1S/C33H24N4O/c1-35-21-36(32-16-7-6-15-31(32)35)22-9-8-10-23(19-22)38-24-17-18-25-26-11-2-4-13-29(26)37-30-14-5-3-12-28(30)34-33(37)27(25)20-24/h2-20H,21H2,1H3. The second-order valence-corrected chi connectivity index (χ2v) is 9.84. The van der Waals surface area contributed by atoms with E-state index in [0.717, 1.165) is 51.4 Å². The van der Waals surface area contributed by atoms with Crippen LogP contribution in [0.1, 0.15) is 0 Å². The molecule has 182 valence electrons. The van der Waals surface area contributed by atoms with Crippen molar-refractivity contribution in [1.82, 2.24) is 9.38 Å². The molecular weight excluding hydrogens is 468 g/mol. The fourth-order valence-corrected chi connectivity index (χ4v) is 5.81. The number of anilines is 3. The van der Waals surface area contributed by atoms with Crippen molar-refractivity contribution in [3.05, 3.63) is 115 Å². The molecule has 2 aromatic heterocycles. The minimum absolute atomic E-state index is 0.790. The first-order chi connectivity index (χ1) is 18.7. The summed E-state index contributed by atoms with van der Waals surface area (Å²) in [6, 6.07) is 40.0. The third-order valence-electron chi connectivity index (χ3n) is 7.53. The smallest absolute Gasteiger partial charge is 0.146 e. The van der Waals surface area contributed by atoms with Crippen LogP contribution in [-0.2, 0) is 0 Å². The summed E-state index contributed by atoms with van der Waals surface area (Å²) in [5.74, 6) is 1.59. The molecule has 0 aliphatic carbocycles. The summed E-state index contributed by atoms with van der Waals surface area (Å²) in [6.45, 7) is 0.803. The summed E-state index contributed by atoms with van der Waals surface area (Å²) >= 11 is 0. The van der Waals surface area contributed by atoms with Crippen molar-refractivity contribution in [3.8, 4) is 11.5 Å². The van der Waals surface area contributed by atoms with E-state index in [1.165, 1.54) is 22.1 Å². The molecule has 0 fully saturated rings. The number of benzene rings is 5. The van der Waals surface area contributed by atoms with Crippen molar-refractivity contribution < 1.29 is 4.74 Å². The number of imidazole rings is 1. The van der Waals surface area contributed by atoms with Crippen LogP contribution >= 0.6 is 0 Å². The van der Waals surface area contributed by atoms with Crippen LogP contribution in [0.5, 0.6) is 11.5 Å². The summed E-state index contributed by atoms with van der Waals surface area (Å²) in [6.07, 6.45) is 0. The third-order valence-corrected chi connectivity index (χ3v) is 7.53. The van der Waals surface area contributed by atoms with E-state index in [1.807, 2.05) is 12.1 Å². The Morgan fingerprint density at radius 2 is 1.39 bits per heavy atom. The van der Waals surface area contributed by atoms with Gasteiger partial charge in [0, 0.05) is 29.6 Å². The van der Waals surface area contributed by atoms with Gasteiger partial charge >= 0.3 is 0 Å². The third kappa shape index (κ3) is 3.08. The Bertz CT molecular complexity index is 2030. The van der Waals surface area contributed by atoms with Gasteiger partial charge in [0.05, 0.1) is 34.6 Å². The average Bonchev–Trinajstić information content (AvgIpc) is 3.52. The first kappa shape index (κ1) is 21.1. The van der Waals surface area contributed by atoms with Gasteiger partial charge in [-0.05, 0) is 66.0 Å². The highest BCUT2D eigenvalue weighted by molar-refractivity contribution is 6.14. The summed E-state index contributed by atoms with van der Waals surface area (Å²) in [5.41, 5.74) is 7.73. The second kappa shape index (κ2) is 7.98. The Morgan fingerprint density at radius 3 is 2.32 bits per heavy atom. The number of nitrogens with zero attached hydrogens (tertiary/aromatic N) is 4. The van der Waals surface area contributed by atoms with Crippen LogP contribution in [0.3, 0.4) is 0 Å². The van der Waals surface area contributed by atoms with Crippen molar-refractivity contribution in [2.75, 3.05) is 23.5 Å². The number of hydrogen-bond acceptors (Lipinski definition) is 4. The van der Waals surface area contributed by atoms with E-state index in [4.69, 9.17) is 9.72 Å². The molecule has 0 unspecified atom stereocenters. The van der Waals surface area contributed by atoms with E-state index >= 15 is 0 Å². The lowest BCUT2D eigenvalue weighted by atomic mass is 10.1. The van der Waals surface area contributed by atoms with Gasteiger partial charge in [-0.25, -0.2) is 4.98 Å². The Balaban J connectivity index is 1.25. The van der Waals surface area contributed by atoms with Crippen LogP contribution in [0, 0.1) is 0 Å². The lowest BCUT2D eigenvalue weighted by Gasteiger charge is -2.20. The first-order valence-electron chi connectivity index (χ1n) is 12.8. The van der Waals surface area contributed by atoms with Crippen LogP contribution in [0.2, 0.25) is 0 Å². The monoisotopic (exact) mass is 492 g/mol. The van der Waals surface area contributed by atoms with E-state index in [2.05, 4.69) is 124 Å². The molecule has 3 heterocycles. The molecule has 0 atom stereocenters. The largest absolute Gasteiger partial charge is 0.457 e. The van der Waals surface area contributed by atoms with E-state index in [9.17, 15) is 0 Å². The molecule has 0 N–H and O–H groups in total. The van der Waals surface area contributed by atoms with Gasteiger partial charge in [0.1, 0.15) is 17.1 Å². The quantitative estimate of drug-likeness (QED) is 0.233. The van der Waals surface area contributed by atoms with Crippen molar-refractivity contribution in [3.63, 3.8) is 0 Å². The van der Waals surface area contributed by atoms with Gasteiger partial charge in [-0.15, -0.1) is 0 Å². The van der Waals surface area contributed by atoms with E-state index < -0.39 is 0 Å². The van der Waals surface area contributed by atoms with Gasteiger partial charge < -0.3 is 14.5 Å². The minimum Gasteiger partial charge on any atom is -0.457 e. The van der Waals surface area contributed by atoms with Gasteiger partial charge in [-0.2, -0.15) is 0 Å². The maximum atomic E-state index is 6.46. The molecule has 1 aliphatic rings. The molecule has 5 nitrogen and oxygen atoms in total. The summed E-state index contributed by atoms with van der Waals surface area (Å²) in [7, 11) is 2.12. The molecule has 0 radical (unpaired) electrons.